The van der Waals surface area contributed by atoms with Crippen LogP contribution in [0.3, 0.4) is 0 Å². The first-order valence-electron chi connectivity index (χ1n) is 3.64. The van der Waals surface area contributed by atoms with Gasteiger partial charge >= 0.3 is 0 Å². The molecule has 0 bridgehead atoms. The molecule has 1 unspecified atom stereocenters. The zero-order valence-corrected chi connectivity index (χ0v) is 7.25. The lowest BCUT2D eigenvalue weighted by molar-refractivity contribution is 0.932. The summed E-state index contributed by atoms with van der Waals surface area (Å²) in [4.78, 5) is 4.20. The van der Waals surface area contributed by atoms with Crippen LogP contribution in [0.4, 0.5) is 0 Å². The fourth-order valence-corrected chi connectivity index (χ4v) is 0.534. The lowest BCUT2D eigenvalue weighted by atomic mass is 10.3. The molecule has 0 radical (unpaired) electrons. The lowest BCUT2D eigenvalue weighted by Gasteiger charge is -1.95. The van der Waals surface area contributed by atoms with Crippen LogP contribution < -0.4 is 0 Å². The van der Waals surface area contributed by atoms with Crippen LogP contribution in [0.25, 0.3) is 0 Å². The second-order valence-corrected chi connectivity index (χ2v) is 2.49. The minimum absolute atomic E-state index is 0.213. The molecule has 0 heterocycles. The third kappa shape index (κ3) is 6.78. The van der Waals surface area contributed by atoms with E-state index >= 15 is 0 Å². The Bertz CT molecular complexity index is 187. The van der Waals surface area contributed by atoms with Crippen LogP contribution in [0.5, 0.6) is 0 Å². The van der Waals surface area contributed by atoms with Crippen LogP contribution in [-0.4, -0.2) is 12.3 Å². The number of aliphatic imine (C=N–C) groups is 1. The van der Waals surface area contributed by atoms with Gasteiger partial charge in [-0.1, -0.05) is 31.4 Å². The summed E-state index contributed by atoms with van der Waals surface area (Å²) in [5.41, 5.74) is 0.976. The van der Waals surface area contributed by atoms with Crippen molar-refractivity contribution in [3.05, 3.63) is 37.0 Å². The van der Waals surface area contributed by atoms with E-state index in [4.69, 9.17) is 0 Å². The first-order valence-corrected chi connectivity index (χ1v) is 3.64. The Morgan fingerprint density at radius 1 is 1.55 bits per heavy atom. The number of rotatable bonds is 4. The number of nitrogens with zero attached hydrogens (tertiary/aromatic N) is 1. The Hall–Kier alpha value is -1.11. The lowest BCUT2D eigenvalue weighted by Crippen LogP contribution is -1.91. The summed E-state index contributed by atoms with van der Waals surface area (Å²) in [6.45, 7) is 11.2. The van der Waals surface area contributed by atoms with Crippen molar-refractivity contribution in [2.75, 3.05) is 0 Å². The van der Waals surface area contributed by atoms with E-state index in [1.54, 1.807) is 12.3 Å². The Morgan fingerprint density at radius 2 is 2.18 bits per heavy atom. The molecule has 0 aliphatic heterocycles. The molecule has 1 heteroatoms. The standard InChI is InChI=1S/C10H15N/c1-5-6-7-10(4)11-8-9(2)3/h5-8,10H,1-2H2,3-4H3/b7-6-,11-8?. The van der Waals surface area contributed by atoms with Crippen LogP contribution in [0.2, 0.25) is 0 Å². The Balaban J connectivity index is 3.85. The summed E-state index contributed by atoms with van der Waals surface area (Å²) in [7, 11) is 0. The van der Waals surface area contributed by atoms with Gasteiger partial charge in [0.25, 0.3) is 0 Å². The molecule has 0 aromatic heterocycles. The molecule has 0 N–H and O–H groups in total. The van der Waals surface area contributed by atoms with Crippen molar-refractivity contribution in [1.82, 2.24) is 0 Å². The Morgan fingerprint density at radius 3 is 2.64 bits per heavy atom. The Kier molecular flexibility index (Phi) is 5.09. The van der Waals surface area contributed by atoms with Gasteiger partial charge in [0.15, 0.2) is 0 Å². The second-order valence-electron chi connectivity index (χ2n) is 2.49. The van der Waals surface area contributed by atoms with Crippen LogP contribution in [-0.2, 0) is 0 Å². The molecule has 60 valence electrons. The molecule has 1 nitrogen and oxygen atoms in total. The summed E-state index contributed by atoms with van der Waals surface area (Å²) in [5.74, 6) is 0. The molecule has 0 saturated heterocycles. The third-order valence-corrected chi connectivity index (χ3v) is 1.06. The van der Waals surface area contributed by atoms with Crippen molar-refractivity contribution in [3.63, 3.8) is 0 Å². The third-order valence-electron chi connectivity index (χ3n) is 1.06. The summed E-state index contributed by atoms with van der Waals surface area (Å²) < 4.78 is 0. The van der Waals surface area contributed by atoms with Crippen molar-refractivity contribution in [2.45, 2.75) is 19.9 Å². The van der Waals surface area contributed by atoms with Gasteiger partial charge in [0.05, 0.1) is 6.04 Å². The molecule has 0 amide bonds. The smallest absolute Gasteiger partial charge is 0.0654 e. The number of hydrogen-bond donors (Lipinski definition) is 0. The monoisotopic (exact) mass is 149 g/mol. The zero-order chi connectivity index (χ0) is 8.69. The number of allylic oxidation sites excluding steroid dienone is 3. The SMILES string of the molecule is C=C/C=C\C(C)N=CC(=C)C. The predicted octanol–water partition coefficient (Wildman–Crippen LogP) is 2.76. The van der Waals surface area contributed by atoms with Gasteiger partial charge in [-0.2, -0.15) is 0 Å². The minimum Gasteiger partial charge on any atom is -0.286 e. The predicted molar refractivity (Wildman–Crippen MR) is 52.1 cm³/mol. The molecule has 0 aromatic carbocycles. The molecular formula is C10H15N. The van der Waals surface area contributed by atoms with Crippen LogP contribution in [0.15, 0.2) is 42.0 Å². The number of hydrogen-bond acceptors (Lipinski definition) is 1. The van der Waals surface area contributed by atoms with Gasteiger partial charge in [-0.25, -0.2) is 0 Å². The van der Waals surface area contributed by atoms with Gasteiger partial charge in [-0.05, 0) is 19.4 Å². The molecule has 0 saturated carbocycles. The fraction of sp³-hybridized carbons (Fsp3) is 0.300. The van der Waals surface area contributed by atoms with Crippen LogP contribution >= 0.6 is 0 Å². The molecule has 0 fully saturated rings. The summed E-state index contributed by atoms with van der Waals surface area (Å²) in [6, 6.07) is 0.213. The van der Waals surface area contributed by atoms with E-state index in [0.717, 1.165) is 5.57 Å². The maximum Gasteiger partial charge on any atom is 0.0654 e. The van der Waals surface area contributed by atoms with Crippen molar-refractivity contribution >= 4 is 6.21 Å². The average Bonchev–Trinajstić information content (AvgIpc) is 1.97. The van der Waals surface area contributed by atoms with Crippen molar-refractivity contribution in [3.8, 4) is 0 Å². The average molecular weight is 149 g/mol. The normalized spacial score (nSPS) is 14.0. The van der Waals surface area contributed by atoms with E-state index < -0.39 is 0 Å². The van der Waals surface area contributed by atoms with E-state index in [-0.39, 0.29) is 6.04 Å². The highest BCUT2D eigenvalue weighted by molar-refractivity contribution is 5.76. The van der Waals surface area contributed by atoms with Crippen molar-refractivity contribution < 1.29 is 0 Å². The van der Waals surface area contributed by atoms with Gasteiger partial charge in [-0.15, -0.1) is 0 Å². The minimum atomic E-state index is 0.213. The molecule has 0 spiro atoms. The quantitative estimate of drug-likeness (QED) is 0.430. The van der Waals surface area contributed by atoms with Crippen LogP contribution in [0.1, 0.15) is 13.8 Å². The van der Waals surface area contributed by atoms with Gasteiger partial charge < -0.3 is 0 Å². The van der Waals surface area contributed by atoms with E-state index in [9.17, 15) is 0 Å². The fourth-order valence-electron chi connectivity index (χ4n) is 0.534. The summed E-state index contributed by atoms with van der Waals surface area (Å²) in [6.07, 6.45) is 7.39. The van der Waals surface area contributed by atoms with Gasteiger partial charge in [0.1, 0.15) is 0 Å². The van der Waals surface area contributed by atoms with Crippen LogP contribution in [0, 0.1) is 0 Å². The molecule has 0 aromatic rings. The topological polar surface area (TPSA) is 12.4 Å². The van der Waals surface area contributed by atoms with E-state index in [2.05, 4.69) is 18.2 Å². The first kappa shape index (κ1) is 9.89. The Labute approximate surface area is 68.9 Å². The van der Waals surface area contributed by atoms with Gasteiger partial charge in [0.2, 0.25) is 0 Å². The highest BCUT2D eigenvalue weighted by Gasteiger charge is 1.86. The van der Waals surface area contributed by atoms with Gasteiger partial charge in [0, 0.05) is 6.21 Å². The zero-order valence-electron chi connectivity index (χ0n) is 7.25. The van der Waals surface area contributed by atoms with Crippen molar-refractivity contribution in [2.24, 2.45) is 4.99 Å². The summed E-state index contributed by atoms with van der Waals surface area (Å²) >= 11 is 0. The van der Waals surface area contributed by atoms with Gasteiger partial charge in [-0.3, -0.25) is 4.99 Å². The van der Waals surface area contributed by atoms with E-state index in [0.29, 0.717) is 0 Å². The first-order chi connectivity index (χ1) is 5.16. The highest BCUT2D eigenvalue weighted by Crippen LogP contribution is 1.92. The van der Waals surface area contributed by atoms with Crippen molar-refractivity contribution in [1.29, 1.82) is 0 Å². The molecule has 0 aliphatic rings. The molecule has 0 rings (SSSR count). The molecular weight excluding hydrogens is 134 g/mol. The maximum absolute atomic E-state index is 4.20. The summed E-state index contributed by atoms with van der Waals surface area (Å²) in [5, 5.41) is 0. The highest BCUT2D eigenvalue weighted by atomic mass is 14.7. The molecule has 11 heavy (non-hydrogen) atoms. The molecule has 0 aliphatic carbocycles. The largest absolute Gasteiger partial charge is 0.286 e. The van der Waals surface area contributed by atoms with E-state index in [1.165, 1.54) is 0 Å². The molecule has 1 atom stereocenters. The maximum atomic E-state index is 4.20. The second kappa shape index (κ2) is 5.66. The van der Waals surface area contributed by atoms with E-state index in [1.807, 2.05) is 26.0 Å².